The molecule has 0 bridgehead atoms. The summed E-state index contributed by atoms with van der Waals surface area (Å²) < 4.78 is 15.7. The highest BCUT2D eigenvalue weighted by Crippen LogP contribution is 2.34. The van der Waals surface area contributed by atoms with Crippen molar-refractivity contribution in [2.24, 2.45) is 0 Å². The Bertz CT molecular complexity index is 758. The number of benzene rings is 1. The van der Waals surface area contributed by atoms with Crippen LogP contribution in [-0.4, -0.2) is 31.6 Å². The van der Waals surface area contributed by atoms with Crippen molar-refractivity contribution in [2.75, 3.05) is 20.8 Å². The second kappa shape index (κ2) is 7.82. The number of hydrogen-bond donors (Lipinski definition) is 1. The molecule has 1 aromatic carbocycles. The summed E-state index contributed by atoms with van der Waals surface area (Å²) in [6.45, 7) is 0.220. The van der Waals surface area contributed by atoms with Gasteiger partial charge in [-0.15, -0.1) is 0 Å². The van der Waals surface area contributed by atoms with Crippen LogP contribution >= 0.6 is 15.9 Å². The molecule has 1 N–H and O–H groups in total. The zero-order valence-electron chi connectivity index (χ0n) is 13.0. The van der Waals surface area contributed by atoms with Crippen LogP contribution in [0.3, 0.4) is 0 Å². The number of rotatable bonds is 7. The number of halogens is 1. The Morgan fingerprint density at radius 2 is 1.96 bits per heavy atom. The second-order valence-corrected chi connectivity index (χ2v) is 5.52. The van der Waals surface area contributed by atoms with Crippen molar-refractivity contribution in [3.63, 3.8) is 0 Å². The first-order chi connectivity index (χ1) is 11.5. The number of carbonyl (C=O) groups excluding carboxylic acids is 1. The maximum Gasteiger partial charge on any atom is 0.276 e. The molecule has 0 saturated heterocycles. The van der Waals surface area contributed by atoms with Gasteiger partial charge in [0.15, 0.2) is 16.2 Å². The minimum absolute atomic E-state index is 0.0899. The summed E-state index contributed by atoms with van der Waals surface area (Å²) in [7, 11) is 2.86. The van der Waals surface area contributed by atoms with Gasteiger partial charge in [-0.25, -0.2) is 0 Å². The Labute approximate surface area is 146 Å². The lowest BCUT2D eigenvalue weighted by Gasteiger charge is -2.11. The largest absolute Gasteiger partial charge is 0.493 e. The van der Waals surface area contributed by atoms with Gasteiger partial charge in [0.2, 0.25) is 0 Å². The van der Waals surface area contributed by atoms with Gasteiger partial charge in [0, 0.05) is 18.2 Å². The summed E-state index contributed by atoms with van der Waals surface area (Å²) in [4.78, 5) is 22.6. The number of nitrogens with zero attached hydrogens (tertiary/aromatic N) is 1. The van der Waals surface area contributed by atoms with Crippen molar-refractivity contribution >= 4 is 27.5 Å². The molecule has 0 aliphatic heterocycles. The molecule has 2 aromatic rings. The van der Waals surface area contributed by atoms with E-state index >= 15 is 0 Å². The van der Waals surface area contributed by atoms with Gasteiger partial charge in [-0.2, -0.15) is 0 Å². The fraction of sp³-hybridized carbons (Fsp3) is 0.267. The lowest BCUT2D eigenvalue weighted by molar-refractivity contribution is -0.385. The van der Waals surface area contributed by atoms with E-state index in [0.717, 1.165) is 0 Å². The van der Waals surface area contributed by atoms with Crippen LogP contribution in [0.5, 0.6) is 11.5 Å². The summed E-state index contributed by atoms with van der Waals surface area (Å²) in [5.74, 6) is 0.344. The predicted octanol–water partition coefficient (Wildman–Crippen LogP) is 2.94. The van der Waals surface area contributed by atoms with E-state index in [2.05, 4.69) is 21.2 Å². The van der Waals surface area contributed by atoms with Gasteiger partial charge >= 0.3 is 0 Å². The average Bonchev–Trinajstić information content (AvgIpc) is 3.00. The molecule has 8 nitrogen and oxygen atoms in total. The van der Waals surface area contributed by atoms with Crippen LogP contribution in [0.15, 0.2) is 33.5 Å². The Morgan fingerprint density at radius 3 is 2.50 bits per heavy atom. The van der Waals surface area contributed by atoms with E-state index < -0.39 is 4.92 Å². The number of nitro benzene ring substituents is 1. The molecule has 2 rings (SSSR count). The number of carbonyl (C=O) groups is 1. The van der Waals surface area contributed by atoms with Gasteiger partial charge in [-0.3, -0.25) is 14.9 Å². The molecule has 0 fully saturated rings. The highest BCUT2D eigenvalue weighted by molar-refractivity contribution is 9.10. The lowest BCUT2D eigenvalue weighted by Crippen LogP contribution is -2.25. The van der Waals surface area contributed by atoms with Crippen molar-refractivity contribution < 1.29 is 23.6 Å². The fourth-order valence-corrected chi connectivity index (χ4v) is 2.46. The number of furan rings is 1. The van der Waals surface area contributed by atoms with E-state index in [9.17, 15) is 14.9 Å². The molecule has 0 atom stereocenters. The third-order valence-corrected chi connectivity index (χ3v) is 3.71. The van der Waals surface area contributed by atoms with Gasteiger partial charge in [0.25, 0.3) is 11.6 Å². The molecule has 0 saturated carbocycles. The van der Waals surface area contributed by atoms with Crippen LogP contribution in [-0.2, 0) is 6.42 Å². The lowest BCUT2D eigenvalue weighted by atomic mass is 10.1. The first-order valence-electron chi connectivity index (χ1n) is 6.87. The predicted molar refractivity (Wildman–Crippen MR) is 88.6 cm³/mol. The van der Waals surface area contributed by atoms with Crippen LogP contribution in [0.2, 0.25) is 0 Å². The number of nitrogens with one attached hydrogen (secondary N) is 1. The highest BCUT2D eigenvalue weighted by Gasteiger charge is 2.19. The van der Waals surface area contributed by atoms with Crippen LogP contribution in [0.25, 0.3) is 0 Å². The maximum atomic E-state index is 11.9. The van der Waals surface area contributed by atoms with Crippen molar-refractivity contribution in [3.8, 4) is 11.5 Å². The fourth-order valence-electron chi connectivity index (χ4n) is 2.12. The smallest absolute Gasteiger partial charge is 0.276 e. The number of ether oxygens (including phenoxy) is 2. The van der Waals surface area contributed by atoms with Gasteiger partial charge in [0.05, 0.1) is 30.8 Å². The maximum absolute atomic E-state index is 11.9. The first-order valence-corrected chi connectivity index (χ1v) is 7.67. The summed E-state index contributed by atoms with van der Waals surface area (Å²) in [6.07, 6.45) is 1.58. The average molecular weight is 399 g/mol. The molecule has 9 heteroatoms. The zero-order valence-corrected chi connectivity index (χ0v) is 14.6. The number of hydrogen-bond acceptors (Lipinski definition) is 6. The molecule has 1 heterocycles. The van der Waals surface area contributed by atoms with E-state index in [1.165, 1.54) is 38.7 Å². The second-order valence-electron chi connectivity index (χ2n) is 4.74. The monoisotopic (exact) mass is 398 g/mol. The third-order valence-electron chi connectivity index (χ3n) is 3.29. The molecule has 24 heavy (non-hydrogen) atoms. The molecule has 0 radical (unpaired) electrons. The van der Waals surface area contributed by atoms with E-state index in [4.69, 9.17) is 13.9 Å². The molecular weight excluding hydrogens is 384 g/mol. The normalized spacial score (nSPS) is 10.3. The molecule has 0 aliphatic carbocycles. The van der Waals surface area contributed by atoms with E-state index in [-0.39, 0.29) is 30.3 Å². The summed E-state index contributed by atoms with van der Waals surface area (Å²) in [6, 6.07) is 4.38. The Hall–Kier alpha value is -2.55. The molecule has 1 amide bonds. The third kappa shape index (κ3) is 4.05. The van der Waals surface area contributed by atoms with Crippen molar-refractivity contribution in [2.45, 2.75) is 6.42 Å². The summed E-state index contributed by atoms with van der Waals surface area (Å²) in [5.41, 5.74) is 0.711. The topological polar surface area (TPSA) is 104 Å². The zero-order chi connectivity index (χ0) is 17.7. The van der Waals surface area contributed by atoms with E-state index in [1.807, 2.05) is 0 Å². The molecule has 1 aromatic heterocycles. The molecule has 0 spiro atoms. The minimum atomic E-state index is -0.494. The van der Waals surface area contributed by atoms with Gasteiger partial charge < -0.3 is 19.2 Å². The first kappa shape index (κ1) is 17.8. The van der Waals surface area contributed by atoms with Crippen LogP contribution < -0.4 is 14.8 Å². The molecule has 0 unspecified atom stereocenters. The standard InChI is InChI=1S/C15H15BrN2O6/c1-22-12-5-9(11(18(20)21)7-13(12)23-2)3-4-17-15(19)10-6-14(16)24-8-10/h5-8H,3-4H2,1-2H3,(H,17,19). The molecular formula is C15H15BrN2O6. The SMILES string of the molecule is COc1cc(CCNC(=O)c2coc(Br)c2)c([N+](=O)[O-])cc1OC. The van der Waals surface area contributed by atoms with E-state index in [1.54, 1.807) is 0 Å². The Kier molecular flexibility index (Phi) is 5.80. The quantitative estimate of drug-likeness (QED) is 0.567. The Balaban J connectivity index is 2.10. The van der Waals surface area contributed by atoms with Gasteiger partial charge in [0.1, 0.15) is 6.26 Å². The molecule has 0 aliphatic rings. The van der Waals surface area contributed by atoms with Crippen LogP contribution in [0, 0.1) is 10.1 Å². The number of nitro groups is 1. The summed E-state index contributed by atoms with van der Waals surface area (Å²) >= 11 is 3.11. The highest BCUT2D eigenvalue weighted by atomic mass is 79.9. The summed E-state index contributed by atoms with van der Waals surface area (Å²) in [5, 5.41) is 13.9. The van der Waals surface area contributed by atoms with Crippen molar-refractivity contribution in [1.82, 2.24) is 5.32 Å². The number of methoxy groups -OCH3 is 2. The van der Waals surface area contributed by atoms with Crippen LogP contribution in [0.1, 0.15) is 15.9 Å². The van der Waals surface area contributed by atoms with E-state index in [0.29, 0.717) is 21.5 Å². The van der Waals surface area contributed by atoms with Gasteiger partial charge in [-0.1, -0.05) is 0 Å². The Morgan fingerprint density at radius 1 is 1.29 bits per heavy atom. The molecule has 128 valence electrons. The van der Waals surface area contributed by atoms with Crippen molar-refractivity contribution in [3.05, 3.63) is 50.4 Å². The van der Waals surface area contributed by atoms with Crippen molar-refractivity contribution in [1.29, 1.82) is 0 Å². The van der Waals surface area contributed by atoms with Gasteiger partial charge in [-0.05, 0) is 28.4 Å². The van der Waals surface area contributed by atoms with Crippen LogP contribution in [0.4, 0.5) is 5.69 Å². The minimum Gasteiger partial charge on any atom is -0.493 e. The number of amides is 1.